The third kappa shape index (κ3) is 5.04. The topological polar surface area (TPSA) is 51.8 Å². The summed E-state index contributed by atoms with van der Waals surface area (Å²) in [5, 5.41) is 6.55. The first-order valence-electron chi connectivity index (χ1n) is 17.1. The van der Waals surface area contributed by atoms with Gasteiger partial charge in [0.15, 0.2) is 17.5 Å². The third-order valence-electron chi connectivity index (χ3n) is 9.72. The van der Waals surface area contributed by atoms with Gasteiger partial charge in [-0.1, -0.05) is 152 Å². The molecule has 0 spiro atoms. The molecule has 2 heterocycles. The second-order valence-electron chi connectivity index (χ2n) is 12.8. The van der Waals surface area contributed by atoms with Crippen molar-refractivity contribution < 1.29 is 4.42 Å². The van der Waals surface area contributed by atoms with Crippen LogP contribution in [0.1, 0.15) is 0 Å². The normalized spacial score (nSPS) is 11.5. The predicted molar refractivity (Wildman–Crippen MR) is 209 cm³/mol. The SMILES string of the molecule is c1ccc(-c2cccc(-c3nc(-c4ccccc4)nc(-c4cc5c6ccc(-c7cccc8ccccc78)cc6oc5c5ccccc45)n3)c2)cc1. The summed E-state index contributed by atoms with van der Waals surface area (Å²) < 4.78 is 6.72. The van der Waals surface area contributed by atoms with Gasteiger partial charge in [0.2, 0.25) is 0 Å². The highest BCUT2D eigenvalue weighted by molar-refractivity contribution is 6.19. The van der Waals surface area contributed by atoms with Crippen LogP contribution in [0.15, 0.2) is 180 Å². The van der Waals surface area contributed by atoms with Gasteiger partial charge in [0.05, 0.1) is 0 Å². The molecule has 0 fully saturated rings. The van der Waals surface area contributed by atoms with E-state index >= 15 is 0 Å². The summed E-state index contributed by atoms with van der Waals surface area (Å²) in [4.78, 5) is 15.4. The minimum atomic E-state index is 0.615. The van der Waals surface area contributed by atoms with E-state index in [-0.39, 0.29) is 0 Å². The van der Waals surface area contributed by atoms with Gasteiger partial charge in [-0.25, -0.2) is 15.0 Å². The molecule has 0 aliphatic carbocycles. The molecule has 0 bridgehead atoms. The van der Waals surface area contributed by atoms with E-state index in [1.54, 1.807) is 0 Å². The lowest BCUT2D eigenvalue weighted by Crippen LogP contribution is -2.00. The number of fused-ring (bicyclic) bond motifs is 6. The molecule has 2 aromatic heterocycles. The van der Waals surface area contributed by atoms with Crippen LogP contribution in [0.4, 0.5) is 0 Å². The van der Waals surface area contributed by atoms with Crippen LogP contribution in [0.25, 0.3) is 99.9 Å². The molecule has 10 rings (SSSR count). The van der Waals surface area contributed by atoms with Gasteiger partial charge in [-0.05, 0) is 62.7 Å². The minimum absolute atomic E-state index is 0.615. The number of furan rings is 1. The van der Waals surface area contributed by atoms with Crippen molar-refractivity contribution in [2.75, 3.05) is 0 Å². The van der Waals surface area contributed by atoms with Gasteiger partial charge in [0.25, 0.3) is 0 Å². The fraction of sp³-hybridized carbons (Fsp3) is 0. The number of aromatic nitrogens is 3. The molecule has 51 heavy (non-hydrogen) atoms. The Kier molecular flexibility index (Phi) is 6.78. The minimum Gasteiger partial charge on any atom is -0.455 e. The van der Waals surface area contributed by atoms with Crippen LogP contribution in [0, 0.1) is 0 Å². The Morgan fingerprint density at radius 2 is 0.922 bits per heavy atom. The molecule has 0 atom stereocenters. The lowest BCUT2D eigenvalue weighted by molar-refractivity contribution is 0.673. The second kappa shape index (κ2) is 11.9. The zero-order chi connectivity index (χ0) is 33.7. The summed E-state index contributed by atoms with van der Waals surface area (Å²) in [6.45, 7) is 0. The lowest BCUT2D eigenvalue weighted by Gasteiger charge is -2.11. The number of rotatable bonds is 5. The van der Waals surface area contributed by atoms with E-state index in [1.165, 1.54) is 16.3 Å². The van der Waals surface area contributed by atoms with Crippen LogP contribution >= 0.6 is 0 Å². The fourth-order valence-electron chi connectivity index (χ4n) is 7.24. The Hall–Kier alpha value is -6.91. The number of benzene rings is 8. The standard InChI is InChI=1S/C47H29N3O/c1-3-13-30(14-4-1)33-19-11-20-35(27-33)46-48-45(32-16-5-2-6-17-32)49-47(50-46)42-29-41-39-26-25-34(37-24-12-18-31-15-7-8-21-36(31)37)28-43(39)51-44(41)40-23-10-9-22-38(40)42/h1-29H. The fourth-order valence-corrected chi connectivity index (χ4v) is 7.24. The van der Waals surface area contributed by atoms with E-state index in [2.05, 4.69) is 140 Å². The molecular formula is C47H29N3O. The van der Waals surface area contributed by atoms with E-state index < -0.39 is 0 Å². The van der Waals surface area contributed by atoms with Crippen LogP contribution in [0.3, 0.4) is 0 Å². The van der Waals surface area contributed by atoms with Gasteiger partial charge < -0.3 is 4.42 Å². The molecule has 8 aromatic carbocycles. The highest BCUT2D eigenvalue weighted by Crippen LogP contribution is 2.41. The van der Waals surface area contributed by atoms with Crippen molar-refractivity contribution in [3.8, 4) is 56.4 Å². The van der Waals surface area contributed by atoms with E-state index in [0.29, 0.717) is 17.5 Å². The average Bonchev–Trinajstić information content (AvgIpc) is 3.59. The van der Waals surface area contributed by atoms with Gasteiger partial charge in [0.1, 0.15) is 11.2 Å². The first-order chi connectivity index (χ1) is 25.3. The Bertz CT molecular complexity index is 2910. The molecule has 10 aromatic rings. The van der Waals surface area contributed by atoms with Crippen molar-refractivity contribution in [2.45, 2.75) is 0 Å². The van der Waals surface area contributed by atoms with E-state index in [0.717, 1.165) is 66.1 Å². The van der Waals surface area contributed by atoms with Gasteiger partial charge in [0, 0.05) is 32.8 Å². The molecule has 238 valence electrons. The maximum absolute atomic E-state index is 6.72. The molecule has 0 N–H and O–H groups in total. The quantitative estimate of drug-likeness (QED) is 0.186. The van der Waals surface area contributed by atoms with Crippen LogP contribution in [0.2, 0.25) is 0 Å². The van der Waals surface area contributed by atoms with E-state index in [1.807, 2.05) is 36.4 Å². The summed E-state index contributed by atoms with van der Waals surface area (Å²) in [6.07, 6.45) is 0. The van der Waals surface area contributed by atoms with Gasteiger partial charge in [-0.2, -0.15) is 0 Å². The van der Waals surface area contributed by atoms with Gasteiger partial charge >= 0.3 is 0 Å². The number of hydrogen-bond donors (Lipinski definition) is 0. The molecule has 4 nitrogen and oxygen atoms in total. The average molecular weight is 652 g/mol. The summed E-state index contributed by atoms with van der Waals surface area (Å²) in [6, 6.07) is 61.0. The predicted octanol–water partition coefficient (Wildman–Crippen LogP) is 12.4. The largest absolute Gasteiger partial charge is 0.455 e. The first-order valence-corrected chi connectivity index (χ1v) is 17.1. The zero-order valence-corrected chi connectivity index (χ0v) is 27.5. The monoisotopic (exact) mass is 651 g/mol. The highest BCUT2D eigenvalue weighted by Gasteiger charge is 2.19. The molecule has 0 aliphatic heterocycles. The Labute approximate surface area is 294 Å². The molecule has 0 aliphatic rings. The Balaban J connectivity index is 1.19. The zero-order valence-electron chi connectivity index (χ0n) is 27.5. The Morgan fingerprint density at radius 1 is 0.314 bits per heavy atom. The molecule has 0 amide bonds. The summed E-state index contributed by atoms with van der Waals surface area (Å²) in [5.41, 5.74) is 9.04. The molecule has 0 radical (unpaired) electrons. The molecular weight excluding hydrogens is 623 g/mol. The van der Waals surface area contributed by atoms with Gasteiger partial charge in [-0.15, -0.1) is 0 Å². The van der Waals surface area contributed by atoms with Crippen molar-refractivity contribution in [3.63, 3.8) is 0 Å². The summed E-state index contributed by atoms with van der Waals surface area (Å²) in [7, 11) is 0. The highest BCUT2D eigenvalue weighted by atomic mass is 16.3. The van der Waals surface area contributed by atoms with Crippen molar-refractivity contribution in [3.05, 3.63) is 176 Å². The van der Waals surface area contributed by atoms with Crippen molar-refractivity contribution in [1.29, 1.82) is 0 Å². The third-order valence-corrected chi connectivity index (χ3v) is 9.72. The second-order valence-corrected chi connectivity index (χ2v) is 12.8. The molecule has 0 saturated carbocycles. The lowest BCUT2D eigenvalue weighted by atomic mass is 9.96. The van der Waals surface area contributed by atoms with Crippen molar-refractivity contribution in [2.24, 2.45) is 0 Å². The van der Waals surface area contributed by atoms with E-state index in [9.17, 15) is 0 Å². The molecule has 0 unspecified atom stereocenters. The smallest absolute Gasteiger partial charge is 0.164 e. The van der Waals surface area contributed by atoms with Crippen LogP contribution in [-0.2, 0) is 0 Å². The summed E-state index contributed by atoms with van der Waals surface area (Å²) >= 11 is 0. The molecule has 4 heteroatoms. The number of hydrogen-bond acceptors (Lipinski definition) is 4. The van der Waals surface area contributed by atoms with Crippen LogP contribution in [-0.4, -0.2) is 15.0 Å². The van der Waals surface area contributed by atoms with E-state index in [4.69, 9.17) is 19.4 Å². The van der Waals surface area contributed by atoms with Crippen LogP contribution < -0.4 is 0 Å². The maximum atomic E-state index is 6.72. The van der Waals surface area contributed by atoms with Gasteiger partial charge in [-0.3, -0.25) is 0 Å². The van der Waals surface area contributed by atoms with Crippen LogP contribution in [0.5, 0.6) is 0 Å². The summed E-state index contributed by atoms with van der Waals surface area (Å²) in [5.74, 6) is 1.86. The first kappa shape index (κ1) is 29.0. The number of nitrogens with zero attached hydrogens (tertiary/aromatic N) is 3. The van der Waals surface area contributed by atoms with Crippen molar-refractivity contribution >= 4 is 43.5 Å². The Morgan fingerprint density at radius 3 is 1.75 bits per heavy atom. The maximum Gasteiger partial charge on any atom is 0.164 e. The van der Waals surface area contributed by atoms with Crippen molar-refractivity contribution in [1.82, 2.24) is 15.0 Å². The molecule has 0 saturated heterocycles.